The molecule has 0 unspecified atom stereocenters. The number of rotatable bonds is 4. The molecule has 0 fully saturated rings. The summed E-state index contributed by atoms with van der Waals surface area (Å²) in [4.78, 5) is 19.5. The Bertz CT molecular complexity index is 442. The number of nitrogen functional groups attached to an aromatic ring is 1. The van der Waals surface area contributed by atoms with Crippen LogP contribution in [0.15, 0.2) is 24.0 Å². The number of allylic oxidation sites excluding steroid dienone is 1. The van der Waals surface area contributed by atoms with Crippen molar-refractivity contribution < 1.29 is 4.79 Å². The molecule has 0 spiro atoms. The SMILES string of the molecule is Nc1nccnc1C(=O)NCCC1=CCCC1. The lowest BCUT2D eigenvalue weighted by molar-refractivity contribution is 0.0950. The van der Waals surface area contributed by atoms with Crippen LogP contribution in [0.5, 0.6) is 0 Å². The Kier molecular flexibility index (Phi) is 3.69. The van der Waals surface area contributed by atoms with Crippen molar-refractivity contribution in [3.05, 3.63) is 29.7 Å². The fourth-order valence-electron chi connectivity index (χ4n) is 1.91. The number of nitrogens with one attached hydrogen (secondary N) is 1. The van der Waals surface area contributed by atoms with Crippen molar-refractivity contribution in [1.82, 2.24) is 15.3 Å². The summed E-state index contributed by atoms with van der Waals surface area (Å²) in [5.74, 6) is -0.0840. The van der Waals surface area contributed by atoms with Gasteiger partial charge in [-0.3, -0.25) is 4.79 Å². The van der Waals surface area contributed by atoms with E-state index in [1.54, 1.807) is 0 Å². The second-order valence-electron chi connectivity index (χ2n) is 4.05. The highest BCUT2D eigenvalue weighted by Gasteiger charge is 2.11. The second-order valence-corrected chi connectivity index (χ2v) is 4.05. The quantitative estimate of drug-likeness (QED) is 0.766. The summed E-state index contributed by atoms with van der Waals surface area (Å²) in [6.45, 7) is 0.626. The van der Waals surface area contributed by atoms with Crippen molar-refractivity contribution in [2.24, 2.45) is 0 Å². The van der Waals surface area contributed by atoms with Crippen LogP contribution in [0.1, 0.15) is 36.2 Å². The predicted octanol–water partition coefficient (Wildman–Crippen LogP) is 1.29. The zero-order chi connectivity index (χ0) is 12.1. The van der Waals surface area contributed by atoms with E-state index in [0.29, 0.717) is 6.54 Å². The monoisotopic (exact) mass is 232 g/mol. The summed E-state index contributed by atoms with van der Waals surface area (Å²) in [7, 11) is 0. The molecule has 5 heteroatoms. The molecule has 0 bridgehead atoms. The minimum absolute atomic E-state index is 0.171. The fraction of sp³-hybridized carbons (Fsp3) is 0.417. The number of carbonyl (C=O) groups excluding carboxylic acids is 1. The summed E-state index contributed by atoms with van der Waals surface area (Å²) in [5, 5.41) is 2.80. The van der Waals surface area contributed by atoms with E-state index in [4.69, 9.17) is 5.73 Å². The molecule has 5 nitrogen and oxygen atoms in total. The Morgan fingerprint density at radius 2 is 2.24 bits per heavy atom. The first-order valence-electron chi connectivity index (χ1n) is 5.80. The molecule has 0 saturated heterocycles. The molecule has 1 aliphatic carbocycles. The predicted molar refractivity (Wildman–Crippen MR) is 65.3 cm³/mol. The molecule has 3 N–H and O–H groups in total. The molecular formula is C12H16N4O. The lowest BCUT2D eigenvalue weighted by Crippen LogP contribution is -2.26. The van der Waals surface area contributed by atoms with Gasteiger partial charge in [-0.2, -0.15) is 0 Å². The van der Waals surface area contributed by atoms with Crippen molar-refractivity contribution in [2.45, 2.75) is 25.7 Å². The number of aromatic nitrogens is 2. The first-order valence-corrected chi connectivity index (χ1v) is 5.80. The Hall–Kier alpha value is -1.91. The van der Waals surface area contributed by atoms with E-state index in [-0.39, 0.29) is 17.4 Å². The van der Waals surface area contributed by atoms with Crippen LogP contribution in [0.3, 0.4) is 0 Å². The lowest BCUT2D eigenvalue weighted by Gasteiger charge is -2.06. The first-order chi connectivity index (χ1) is 8.27. The van der Waals surface area contributed by atoms with E-state index in [9.17, 15) is 4.79 Å². The van der Waals surface area contributed by atoms with Gasteiger partial charge in [0.05, 0.1) is 0 Å². The molecule has 90 valence electrons. The van der Waals surface area contributed by atoms with Crippen LogP contribution >= 0.6 is 0 Å². The van der Waals surface area contributed by atoms with Crippen LogP contribution in [-0.2, 0) is 0 Å². The average Bonchev–Trinajstić information content (AvgIpc) is 2.82. The number of anilines is 1. The maximum Gasteiger partial charge on any atom is 0.273 e. The summed E-state index contributed by atoms with van der Waals surface area (Å²) in [6.07, 6.45) is 9.65. The number of nitrogens with two attached hydrogens (primary N) is 1. The summed E-state index contributed by atoms with van der Waals surface area (Å²) in [5.41, 5.74) is 7.20. The zero-order valence-corrected chi connectivity index (χ0v) is 9.65. The van der Waals surface area contributed by atoms with Crippen molar-refractivity contribution >= 4 is 11.7 Å². The van der Waals surface area contributed by atoms with Gasteiger partial charge < -0.3 is 11.1 Å². The highest BCUT2D eigenvalue weighted by molar-refractivity contribution is 5.96. The van der Waals surface area contributed by atoms with Gasteiger partial charge >= 0.3 is 0 Å². The van der Waals surface area contributed by atoms with Crippen molar-refractivity contribution in [3.63, 3.8) is 0 Å². The zero-order valence-electron chi connectivity index (χ0n) is 9.65. The Morgan fingerprint density at radius 3 is 2.94 bits per heavy atom. The lowest BCUT2D eigenvalue weighted by atomic mass is 10.2. The minimum atomic E-state index is -0.255. The molecule has 0 aliphatic heterocycles. The van der Waals surface area contributed by atoms with Gasteiger partial charge in [0.1, 0.15) is 0 Å². The van der Waals surface area contributed by atoms with Crippen LogP contribution in [0.2, 0.25) is 0 Å². The normalized spacial score (nSPS) is 14.5. The van der Waals surface area contributed by atoms with E-state index < -0.39 is 0 Å². The Morgan fingerprint density at radius 1 is 1.41 bits per heavy atom. The number of nitrogens with zero attached hydrogens (tertiary/aromatic N) is 2. The van der Waals surface area contributed by atoms with Gasteiger partial charge in [0.15, 0.2) is 11.5 Å². The summed E-state index contributed by atoms with van der Waals surface area (Å²) < 4.78 is 0. The maximum atomic E-state index is 11.7. The third-order valence-electron chi connectivity index (χ3n) is 2.81. The molecule has 1 aromatic heterocycles. The highest BCUT2D eigenvalue weighted by Crippen LogP contribution is 2.19. The van der Waals surface area contributed by atoms with Crippen LogP contribution in [0.25, 0.3) is 0 Å². The van der Waals surface area contributed by atoms with Crippen molar-refractivity contribution in [2.75, 3.05) is 12.3 Å². The summed E-state index contributed by atoms with van der Waals surface area (Å²) >= 11 is 0. The Balaban J connectivity index is 1.83. The van der Waals surface area contributed by atoms with Gasteiger partial charge in [-0.25, -0.2) is 9.97 Å². The summed E-state index contributed by atoms with van der Waals surface area (Å²) in [6, 6.07) is 0. The van der Waals surface area contributed by atoms with Gasteiger partial charge in [-0.05, 0) is 25.7 Å². The van der Waals surface area contributed by atoms with Crippen LogP contribution in [0, 0.1) is 0 Å². The third-order valence-corrected chi connectivity index (χ3v) is 2.81. The molecule has 0 radical (unpaired) electrons. The van der Waals surface area contributed by atoms with Crippen LogP contribution < -0.4 is 11.1 Å². The molecule has 1 heterocycles. The second kappa shape index (κ2) is 5.43. The van der Waals surface area contributed by atoms with Gasteiger partial charge in [-0.15, -0.1) is 0 Å². The van der Waals surface area contributed by atoms with Crippen LogP contribution in [-0.4, -0.2) is 22.4 Å². The average molecular weight is 232 g/mol. The molecule has 1 aliphatic rings. The molecule has 0 aromatic carbocycles. The number of amides is 1. The molecular weight excluding hydrogens is 216 g/mol. The van der Waals surface area contributed by atoms with Gasteiger partial charge in [0, 0.05) is 18.9 Å². The molecule has 0 saturated carbocycles. The first kappa shape index (κ1) is 11.6. The van der Waals surface area contributed by atoms with E-state index in [2.05, 4.69) is 21.4 Å². The largest absolute Gasteiger partial charge is 0.382 e. The van der Waals surface area contributed by atoms with E-state index >= 15 is 0 Å². The van der Waals surface area contributed by atoms with Gasteiger partial charge in [0.25, 0.3) is 5.91 Å². The molecule has 0 atom stereocenters. The maximum absolute atomic E-state index is 11.7. The standard InChI is InChI=1S/C12H16N4O/c13-11-10(14-7-8-15-11)12(17)16-6-5-9-3-1-2-4-9/h3,7-8H,1-2,4-6H2,(H2,13,15)(H,16,17). The van der Waals surface area contributed by atoms with Gasteiger partial charge in [0.2, 0.25) is 0 Å². The number of carbonyl (C=O) groups is 1. The van der Waals surface area contributed by atoms with E-state index in [1.165, 1.54) is 30.8 Å². The molecule has 1 amide bonds. The minimum Gasteiger partial charge on any atom is -0.382 e. The van der Waals surface area contributed by atoms with Gasteiger partial charge in [-0.1, -0.05) is 11.6 Å². The molecule has 17 heavy (non-hydrogen) atoms. The number of hydrogen-bond acceptors (Lipinski definition) is 4. The van der Waals surface area contributed by atoms with Crippen LogP contribution in [0.4, 0.5) is 5.82 Å². The number of hydrogen-bond donors (Lipinski definition) is 2. The third kappa shape index (κ3) is 3.03. The van der Waals surface area contributed by atoms with E-state index in [0.717, 1.165) is 12.8 Å². The fourth-order valence-corrected chi connectivity index (χ4v) is 1.91. The van der Waals surface area contributed by atoms with Crippen molar-refractivity contribution in [1.29, 1.82) is 0 Å². The molecule has 1 aromatic rings. The Labute approximate surface area is 100 Å². The topological polar surface area (TPSA) is 80.9 Å². The van der Waals surface area contributed by atoms with Crippen molar-refractivity contribution in [3.8, 4) is 0 Å². The smallest absolute Gasteiger partial charge is 0.273 e. The highest BCUT2D eigenvalue weighted by atomic mass is 16.1. The molecule has 2 rings (SSSR count). The van der Waals surface area contributed by atoms with E-state index in [1.807, 2.05) is 0 Å².